The first-order chi connectivity index (χ1) is 14.2. The minimum absolute atomic E-state index is 0.163. The normalized spacial score (nSPS) is 14.7. The number of carbonyl (C=O) groups is 4. The fourth-order valence-corrected chi connectivity index (χ4v) is 2.99. The molecule has 0 aromatic heterocycles. The van der Waals surface area contributed by atoms with Gasteiger partial charge in [-0.3, -0.25) is 29.4 Å². The highest BCUT2D eigenvalue weighted by molar-refractivity contribution is 6.24. The number of benzene rings is 2. The van der Waals surface area contributed by atoms with Gasteiger partial charge in [0.1, 0.15) is 11.6 Å². The van der Waals surface area contributed by atoms with Crippen LogP contribution in [-0.2, 0) is 14.3 Å². The molecule has 0 saturated heterocycles. The maximum atomic E-state index is 12.7. The van der Waals surface area contributed by atoms with Gasteiger partial charge in [-0.2, -0.15) is 0 Å². The third-order valence-corrected chi connectivity index (χ3v) is 4.55. The van der Waals surface area contributed by atoms with Crippen LogP contribution in [0.2, 0.25) is 0 Å². The number of hydrogen-bond donors (Lipinski definition) is 1. The van der Waals surface area contributed by atoms with Crippen LogP contribution in [0.4, 0.5) is 11.4 Å². The average molecular weight is 411 g/mol. The average Bonchev–Trinajstić information content (AvgIpc) is 2.98. The second-order valence-electron chi connectivity index (χ2n) is 6.55. The van der Waals surface area contributed by atoms with Crippen LogP contribution in [-0.4, -0.2) is 45.7 Å². The van der Waals surface area contributed by atoms with E-state index in [1.54, 1.807) is 30.3 Å². The summed E-state index contributed by atoms with van der Waals surface area (Å²) in [6.07, 6.45) is -1.20. The van der Waals surface area contributed by atoms with E-state index < -0.39 is 46.4 Å². The molecule has 1 aliphatic heterocycles. The van der Waals surface area contributed by atoms with Crippen LogP contribution in [0.3, 0.4) is 0 Å². The van der Waals surface area contributed by atoms with E-state index in [1.807, 2.05) is 0 Å². The molecule has 3 amide bonds. The van der Waals surface area contributed by atoms with E-state index in [-0.39, 0.29) is 11.1 Å². The third-order valence-electron chi connectivity index (χ3n) is 4.55. The summed E-state index contributed by atoms with van der Waals surface area (Å²) in [6.45, 7) is 2.59. The van der Waals surface area contributed by atoms with Gasteiger partial charge in [0.05, 0.1) is 10.5 Å². The monoisotopic (exact) mass is 411 g/mol. The van der Waals surface area contributed by atoms with Gasteiger partial charge in [0.15, 0.2) is 6.10 Å². The van der Waals surface area contributed by atoms with Gasteiger partial charge in [0.2, 0.25) is 0 Å². The molecule has 0 aliphatic carbocycles. The number of nitro groups is 1. The van der Waals surface area contributed by atoms with Crippen molar-refractivity contribution in [1.82, 2.24) is 4.90 Å². The second-order valence-corrected chi connectivity index (χ2v) is 6.55. The molecule has 10 heteroatoms. The lowest BCUT2D eigenvalue weighted by atomic mass is 10.1. The summed E-state index contributed by atoms with van der Waals surface area (Å²) in [5, 5.41) is 13.7. The number of nitrogens with one attached hydrogen (secondary N) is 1. The molecule has 154 valence electrons. The van der Waals surface area contributed by atoms with Gasteiger partial charge in [-0.15, -0.1) is 0 Å². The molecule has 0 spiro atoms. The van der Waals surface area contributed by atoms with Crippen molar-refractivity contribution in [2.75, 3.05) is 5.32 Å². The Bertz CT molecular complexity index is 1050. The molecule has 30 heavy (non-hydrogen) atoms. The fourth-order valence-electron chi connectivity index (χ4n) is 2.99. The van der Waals surface area contributed by atoms with E-state index in [0.717, 1.165) is 6.07 Å². The number of ether oxygens (including phenoxy) is 1. The number of para-hydroxylation sites is 1. The van der Waals surface area contributed by atoms with Crippen LogP contribution >= 0.6 is 0 Å². The fraction of sp³-hybridized carbons (Fsp3) is 0.200. The number of esters is 1. The minimum Gasteiger partial charge on any atom is -0.451 e. The summed E-state index contributed by atoms with van der Waals surface area (Å²) in [5.41, 5.74) is -0.554. The molecule has 3 rings (SSSR count). The molecule has 2 aromatic carbocycles. The lowest BCUT2D eigenvalue weighted by molar-refractivity contribution is -0.385. The Morgan fingerprint density at radius 2 is 1.70 bits per heavy atom. The smallest absolute Gasteiger partial charge is 0.329 e. The van der Waals surface area contributed by atoms with Crippen molar-refractivity contribution < 1.29 is 28.8 Å². The van der Waals surface area contributed by atoms with E-state index in [4.69, 9.17) is 4.74 Å². The summed E-state index contributed by atoms with van der Waals surface area (Å²) in [7, 11) is 0. The zero-order valence-corrected chi connectivity index (χ0v) is 16.0. The van der Waals surface area contributed by atoms with Crippen LogP contribution in [0.1, 0.15) is 34.6 Å². The molecule has 0 radical (unpaired) electrons. The van der Waals surface area contributed by atoms with E-state index in [2.05, 4.69) is 5.32 Å². The number of amides is 3. The van der Waals surface area contributed by atoms with Gasteiger partial charge in [0, 0.05) is 11.8 Å². The van der Waals surface area contributed by atoms with Crippen molar-refractivity contribution in [2.24, 2.45) is 0 Å². The predicted octanol–water partition coefficient (Wildman–Crippen LogP) is 2.15. The Morgan fingerprint density at radius 3 is 2.33 bits per heavy atom. The first-order valence-corrected chi connectivity index (χ1v) is 8.94. The number of fused-ring (bicyclic) bond motifs is 1. The van der Waals surface area contributed by atoms with Crippen molar-refractivity contribution in [2.45, 2.75) is 26.0 Å². The SMILES string of the molecule is C[C@@H](OC(=O)[C@H](C)N1C(=O)c2cccc([N+](=O)[O-])c2C1=O)C(=O)Nc1ccccc1. The van der Waals surface area contributed by atoms with Crippen molar-refractivity contribution in [1.29, 1.82) is 0 Å². The van der Waals surface area contributed by atoms with E-state index in [1.165, 1.54) is 26.0 Å². The molecule has 2 atom stereocenters. The van der Waals surface area contributed by atoms with Crippen molar-refractivity contribution >= 4 is 35.1 Å². The van der Waals surface area contributed by atoms with Crippen molar-refractivity contribution in [3.63, 3.8) is 0 Å². The first-order valence-electron chi connectivity index (χ1n) is 8.94. The number of nitro benzene ring substituents is 1. The quantitative estimate of drug-likeness (QED) is 0.333. The molecule has 10 nitrogen and oxygen atoms in total. The molecule has 0 unspecified atom stereocenters. The van der Waals surface area contributed by atoms with Crippen molar-refractivity contribution in [3.05, 3.63) is 69.8 Å². The topological polar surface area (TPSA) is 136 Å². The lowest BCUT2D eigenvalue weighted by Crippen LogP contribution is -2.45. The van der Waals surface area contributed by atoms with Crippen LogP contribution in [0, 0.1) is 10.1 Å². The Morgan fingerprint density at radius 1 is 1.03 bits per heavy atom. The Hall–Kier alpha value is -4.08. The van der Waals surface area contributed by atoms with Crippen LogP contribution in [0.15, 0.2) is 48.5 Å². The lowest BCUT2D eigenvalue weighted by Gasteiger charge is -2.22. The summed E-state index contributed by atoms with van der Waals surface area (Å²) in [4.78, 5) is 60.9. The van der Waals surface area contributed by atoms with Gasteiger partial charge < -0.3 is 10.1 Å². The highest BCUT2D eigenvalue weighted by Gasteiger charge is 2.45. The van der Waals surface area contributed by atoms with Gasteiger partial charge in [-0.05, 0) is 32.0 Å². The van der Waals surface area contributed by atoms with Crippen molar-refractivity contribution in [3.8, 4) is 0 Å². The molecule has 0 fully saturated rings. The molecular formula is C20H17N3O7. The van der Waals surface area contributed by atoms with Gasteiger partial charge in [-0.25, -0.2) is 4.79 Å². The summed E-state index contributed by atoms with van der Waals surface area (Å²) in [5.74, 6) is -3.40. The number of rotatable bonds is 6. The Kier molecular flexibility index (Phi) is 5.58. The molecule has 0 saturated carbocycles. The maximum absolute atomic E-state index is 12.7. The summed E-state index contributed by atoms with van der Waals surface area (Å²) in [6, 6.07) is 10.8. The predicted molar refractivity (Wildman–Crippen MR) is 104 cm³/mol. The molecule has 1 aliphatic rings. The zero-order chi connectivity index (χ0) is 22.0. The number of carbonyl (C=O) groups excluding carboxylic acids is 4. The molecule has 1 N–H and O–H groups in total. The Balaban J connectivity index is 1.72. The molecule has 2 aromatic rings. The number of anilines is 1. The van der Waals surface area contributed by atoms with E-state index in [9.17, 15) is 29.3 Å². The highest BCUT2D eigenvalue weighted by Crippen LogP contribution is 2.32. The van der Waals surface area contributed by atoms with Gasteiger partial charge in [-0.1, -0.05) is 24.3 Å². The molecular weight excluding hydrogens is 394 g/mol. The van der Waals surface area contributed by atoms with E-state index in [0.29, 0.717) is 10.6 Å². The number of hydrogen-bond acceptors (Lipinski definition) is 7. The number of imide groups is 1. The zero-order valence-electron chi connectivity index (χ0n) is 16.0. The standard InChI is InChI=1S/C20H17N3O7/c1-11(20(27)30-12(2)17(24)21-13-7-4-3-5-8-13)22-18(25)14-9-6-10-15(23(28)29)16(14)19(22)26/h3-12H,1-2H3,(H,21,24)/t11-,12+/m0/s1. The highest BCUT2D eigenvalue weighted by atomic mass is 16.6. The van der Waals surface area contributed by atoms with Crippen LogP contribution in [0.25, 0.3) is 0 Å². The maximum Gasteiger partial charge on any atom is 0.329 e. The first kappa shape index (κ1) is 20.6. The summed E-state index contributed by atoms with van der Waals surface area (Å²) < 4.78 is 5.10. The third kappa shape index (κ3) is 3.75. The molecule has 1 heterocycles. The van der Waals surface area contributed by atoms with E-state index >= 15 is 0 Å². The number of nitrogens with zero attached hydrogens (tertiary/aromatic N) is 2. The second kappa shape index (κ2) is 8.11. The van der Waals surface area contributed by atoms with Crippen LogP contribution in [0.5, 0.6) is 0 Å². The Labute approximate surface area is 170 Å². The van der Waals surface area contributed by atoms with Crippen LogP contribution < -0.4 is 5.32 Å². The van der Waals surface area contributed by atoms with Gasteiger partial charge >= 0.3 is 5.97 Å². The summed E-state index contributed by atoms with van der Waals surface area (Å²) >= 11 is 0. The van der Waals surface area contributed by atoms with Gasteiger partial charge in [0.25, 0.3) is 23.4 Å². The largest absolute Gasteiger partial charge is 0.451 e. The minimum atomic E-state index is -1.39. The molecule has 0 bridgehead atoms.